The monoisotopic (exact) mass is 465 g/mol. The Morgan fingerprint density at radius 2 is 1.73 bits per heavy atom. The van der Waals surface area contributed by atoms with E-state index in [0.717, 1.165) is 55.2 Å². The van der Waals surface area contributed by atoms with E-state index in [1.165, 1.54) is 5.56 Å². The van der Waals surface area contributed by atoms with Crippen molar-refractivity contribution >= 4 is 17.5 Å². The first-order chi connectivity index (χ1) is 16.1. The second-order valence-corrected chi connectivity index (χ2v) is 9.36. The van der Waals surface area contributed by atoms with Crippen molar-refractivity contribution in [1.29, 1.82) is 0 Å². The number of hydrogen-bond donors (Lipinski definition) is 0. The highest BCUT2D eigenvalue weighted by atomic mass is 35.5. The average Bonchev–Trinajstić information content (AvgIpc) is 3.26. The Morgan fingerprint density at radius 3 is 2.48 bits per heavy atom. The number of benzene rings is 2. The fourth-order valence-electron chi connectivity index (χ4n) is 4.66. The summed E-state index contributed by atoms with van der Waals surface area (Å²) in [5.74, 6) is 2.44. The molecule has 1 saturated heterocycles. The van der Waals surface area contributed by atoms with Crippen molar-refractivity contribution in [3.05, 3.63) is 64.8 Å². The molecule has 7 nitrogen and oxygen atoms in total. The molecule has 1 amide bonds. The first-order valence-corrected chi connectivity index (χ1v) is 11.6. The molecule has 1 aliphatic carbocycles. The number of carbonyl (C=O) groups excluding carboxylic acids is 1. The van der Waals surface area contributed by atoms with Gasteiger partial charge in [-0.2, -0.15) is 0 Å². The summed E-state index contributed by atoms with van der Waals surface area (Å²) in [4.78, 5) is 17.8. The van der Waals surface area contributed by atoms with Crippen LogP contribution in [0.5, 0.6) is 11.5 Å². The lowest BCUT2D eigenvalue weighted by Crippen LogP contribution is -2.51. The van der Waals surface area contributed by atoms with Gasteiger partial charge >= 0.3 is 0 Å². The lowest BCUT2D eigenvalue weighted by Gasteiger charge is -2.36. The second kappa shape index (κ2) is 8.08. The number of amides is 1. The molecule has 0 radical (unpaired) electrons. The molecule has 33 heavy (non-hydrogen) atoms. The SMILES string of the molecule is O=C(N1CCN(Cc2ccc3c(c2)OCO3)CC1)C1(c2cc(-c3ccc(Cl)cc3)on2)CC1. The average molecular weight is 466 g/mol. The fraction of sp³-hybridized carbons (Fsp3) is 0.360. The minimum absolute atomic E-state index is 0.168. The standard InChI is InChI=1S/C25H24ClN3O4/c26-19-4-2-18(3-5-19)21-14-23(27-33-21)25(7-8-25)24(30)29-11-9-28(10-12-29)15-17-1-6-20-22(13-17)32-16-31-20/h1-6,13-14H,7-12,15-16H2. The lowest BCUT2D eigenvalue weighted by molar-refractivity contribution is -0.136. The molecule has 2 aliphatic heterocycles. The Balaban J connectivity index is 1.09. The van der Waals surface area contributed by atoms with Crippen molar-refractivity contribution in [3.63, 3.8) is 0 Å². The van der Waals surface area contributed by atoms with Crippen LogP contribution in [0.4, 0.5) is 0 Å². The maximum atomic E-state index is 13.4. The molecule has 3 heterocycles. The third-order valence-corrected chi connectivity index (χ3v) is 7.04. The van der Waals surface area contributed by atoms with E-state index in [4.69, 9.17) is 25.6 Å². The summed E-state index contributed by atoms with van der Waals surface area (Å²) in [6, 6.07) is 15.4. The van der Waals surface area contributed by atoms with Gasteiger partial charge in [0, 0.05) is 49.4 Å². The highest BCUT2D eigenvalue weighted by Gasteiger charge is 2.55. The van der Waals surface area contributed by atoms with Crippen molar-refractivity contribution in [2.45, 2.75) is 24.8 Å². The minimum atomic E-state index is -0.534. The Labute approximate surface area is 196 Å². The van der Waals surface area contributed by atoms with E-state index < -0.39 is 5.41 Å². The zero-order valence-corrected chi connectivity index (χ0v) is 18.9. The van der Waals surface area contributed by atoms with Gasteiger partial charge in [-0.25, -0.2) is 0 Å². The summed E-state index contributed by atoms with van der Waals surface area (Å²) < 4.78 is 16.5. The third-order valence-electron chi connectivity index (χ3n) is 6.79. The quantitative estimate of drug-likeness (QED) is 0.565. The number of halogens is 1. The summed E-state index contributed by atoms with van der Waals surface area (Å²) in [6.07, 6.45) is 1.63. The third kappa shape index (κ3) is 3.85. The number of nitrogens with zero attached hydrogens (tertiary/aromatic N) is 3. The molecule has 3 aliphatic rings. The van der Waals surface area contributed by atoms with Crippen LogP contribution in [0.15, 0.2) is 53.1 Å². The van der Waals surface area contributed by atoms with Gasteiger partial charge in [0.1, 0.15) is 0 Å². The van der Waals surface area contributed by atoms with Gasteiger partial charge in [0.25, 0.3) is 0 Å². The normalized spacial score (nSPS) is 19.0. The maximum Gasteiger partial charge on any atom is 0.235 e. The Kier molecular flexibility index (Phi) is 5.03. The summed E-state index contributed by atoms with van der Waals surface area (Å²) in [5, 5.41) is 4.95. The smallest absolute Gasteiger partial charge is 0.235 e. The molecule has 2 fully saturated rings. The lowest BCUT2D eigenvalue weighted by atomic mass is 9.99. The number of fused-ring (bicyclic) bond motifs is 1. The maximum absolute atomic E-state index is 13.4. The molecule has 0 spiro atoms. The van der Waals surface area contributed by atoms with E-state index in [0.29, 0.717) is 23.9 Å². The van der Waals surface area contributed by atoms with Crippen molar-refractivity contribution in [3.8, 4) is 22.8 Å². The van der Waals surface area contributed by atoms with Crippen molar-refractivity contribution < 1.29 is 18.8 Å². The van der Waals surface area contributed by atoms with Gasteiger partial charge in [0.15, 0.2) is 17.3 Å². The van der Waals surface area contributed by atoms with Gasteiger partial charge in [-0.15, -0.1) is 0 Å². The first kappa shape index (κ1) is 20.6. The van der Waals surface area contributed by atoms with Crippen LogP contribution in [-0.4, -0.2) is 53.8 Å². The molecule has 0 bridgehead atoms. The largest absolute Gasteiger partial charge is 0.454 e. The number of piperazine rings is 1. The van der Waals surface area contributed by atoms with Crippen LogP contribution >= 0.6 is 11.6 Å². The molecule has 1 aromatic heterocycles. The van der Waals surface area contributed by atoms with E-state index in [2.05, 4.69) is 16.1 Å². The molecular formula is C25H24ClN3O4. The molecule has 0 unspecified atom stereocenters. The molecule has 0 N–H and O–H groups in total. The predicted molar refractivity (Wildman–Crippen MR) is 122 cm³/mol. The fourth-order valence-corrected chi connectivity index (χ4v) is 4.79. The topological polar surface area (TPSA) is 68.0 Å². The van der Waals surface area contributed by atoms with Crippen molar-refractivity contribution in [2.24, 2.45) is 0 Å². The van der Waals surface area contributed by atoms with Crippen LogP contribution in [0.2, 0.25) is 5.02 Å². The van der Waals surface area contributed by atoms with Crippen molar-refractivity contribution in [1.82, 2.24) is 15.0 Å². The van der Waals surface area contributed by atoms with Crippen molar-refractivity contribution in [2.75, 3.05) is 33.0 Å². The number of carbonyl (C=O) groups is 1. The first-order valence-electron chi connectivity index (χ1n) is 11.2. The molecule has 6 rings (SSSR count). The van der Waals surface area contributed by atoms with Crippen LogP contribution in [0.3, 0.4) is 0 Å². The van der Waals surface area contributed by atoms with Crippen LogP contribution < -0.4 is 9.47 Å². The van der Waals surface area contributed by atoms with Gasteiger partial charge in [0.05, 0.1) is 11.1 Å². The van der Waals surface area contributed by atoms with Crippen LogP contribution in [0, 0.1) is 0 Å². The summed E-state index contributed by atoms with van der Waals surface area (Å²) >= 11 is 5.98. The highest BCUT2D eigenvalue weighted by Crippen LogP contribution is 2.50. The zero-order chi connectivity index (χ0) is 22.4. The summed E-state index contributed by atoms with van der Waals surface area (Å²) in [5.41, 5.74) is 2.29. The van der Waals surface area contributed by atoms with Gasteiger partial charge in [0.2, 0.25) is 12.7 Å². The Hall–Kier alpha value is -3.03. The molecular weight excluding hydrogens is 442 g/mol. The van der Waals surface area contributed by atoms with E-state index in [1.54, 1.807) is 0 Å². The molecule has 8 heteroatoms. The van der Waals surface area contributed by atoms with Crippen LogP contribution in [0.25, 0.3) is 11.3 Å². The molecule has 0 atom stereocenters. The van der Waals surface area contributed by atoms with Gasteiger partial charge in [-0.1, -0.05) is 22.8 Å². The molecule has 2 aromatic carbocycles. The molecule has 170 valence electrons. The number of aromatic nitrogens is 1. The van der Waals surface area contributed by atoms with E-state index in [1.807, 2.05) is 47.4 Å². The number of rotatable bonds is 5. The Morgan fingerprint density at radius 1 is 0.970 bits per heavy atom. The molecule has 1 saturated carbocycles. The van der Waals surface area contributed by atoms with E-state index in [9.17, 15) is 4.79 Å². The van der Waals surface area contributed by atoms with Gasteiger partial charge < -0.3 is 18.9 Å². The highest BCUT2D eigenvalue weighted by molar-refractivity contribution is 6.30. The summed E-state index contributed by atoms with van der Waals surface area (Å²) in [6.45, 7) is 4.22. The van der Waals surface area contributed by atoms with E-state index >= 15 is 0 Å². The second-order valence-electron chi connectivity index (χ2n) is 8.92. The molecule has 3 aromatic rings. The van der Waals surface area contributed by atoms with E-state index in [-0.39, 0.29) is 12.7 Å². The minimum Gasteiger partial charge on any atom is -0.454 e. The van der Waals surface area contributed by atoms with Crippen LogP contribution in [0.1, 0.15) is 24.1 Å². The van der Waals surface area contributed by atoms with Gasteiger partial charge in [-0.3, -0.25) is 9.69 Å². The number of hydrogen-bond acceptors (Lipinski definition) is 6. The Bertz CT molecular complexity index is 1180. The zero-order valence-electron chi connectivity index (χ0n) is 18.1. The van der Waals surface area contributed by atoms with Gasteiger partial charge in [-0.05, 0) is 54.8 Å². The number of ether oxygens (including phenoxy) is 2. The predicted octanol–water partition coefficient (Wildman–Crippen LogP) is 4.10. The summed E-state index contributed by atoms with van der Waals surface area (Å²) in [7, 11) is 0. The van der Waals surface area contributed by atoms with Crippen LogP contribution in [-0.2, 0) is 16.8 Å².